The third kappa shape index (κ3) is 3.48. The van der Waals surface area contributed by atoms with Crippen molar-refractivity contribution in [3.05, 3.63) is 65.2 Å². The fourth-order valence-corrected chi connectivity index (χ4v) is 3.02. The maximum absolute atomic E-state index is 12.9. The van der Waals surface area contributed by atoms with Gasteiger partial charge in [0, 0.05) is 0 Å². The lowest BCUT2D eigenvalue weighted by molar-refractivity contribution is -0.138. The Balaban J connectivity index is 1.77. The molecule has 27 heavy (non-hydrogen) atoms. The maximum Gasteiger partial charge on any atom is 0.344 e. The first-order valence-electron chi connectivity index (χ1n) is 8.50. The molecule has 0 spiro atoms. The largest absolute Gasteiger partial charge is 0.497 e. The SMILES string of the molecule is COc1cccc(C2(C)NC(=O)N(NC(=O)Cc3ccccc3C)C2=O)c1. The number of methoxy groups -OCH3 is 1. The minimum atomic E-state index is -1.29. The monoisotopic (exact) mass is 367 g/mol. The number of carbonyl (C=O) groups excluding carboxylic acids is 3. The van der Waals surface area contributed by atoms with Gasteiger partial charge in [-0.15, -0.1) is 0 Å². The van der Waals surface area contributed by atoms with Crippen molar-refractivity contribution in [2.75, 3.05) is 7.11 Å². The topological polar surface area (TPSA) is 87.7 Å². The molecule has 7 heteroatoms. The van der Waals surface area contributed by atoms with Crippen molar-refractivity contribution in [3.8, 4) is 5.75 Å². The molecule has 140 valence electrons. The second-order valence-corrected chi connectivity index (χ2v) is 6.57. The standard InChI is InChI=1S/C20H21N3O4/c1-13-7-4-5-8-14(13)11-17(24)22-23-18(25)20(2,21-19(23)26)15-9-6-10-16(12-15)27-3/h4-10,12H,11H2,1-3H3,(H,21,26)(H,22,24). The summed E-state index contributed by atoms with van der Waals surface area (Å²) in [6, 6.07) is 13.7. The molecular formula is C20H21N3O4. The van der Waals surface area contributed by atoms with E-state index in [9.17, 15) is 14.4 Å². The van der Waals surface area contributed by atoms with Gasteiger partial charge in [0.15, 0.2) is 0 Å². The summed E-state index contributed by atoms with van der Waals surface area (Å²) in [7, 11) is 1.52. The van der Waals surface area contributed by atoms with Crippen molar-refractivity contribution in [2.24, 2.45) is 0 Å². The normalized spacial score (nSPS) is 19.0. The zero-order chi connectivity index (χ0) is 19.6. The third-order valence-electron chi connectivity index (χ3n) is 4.69. The Kier molecular flexibility index (Phi) is 4.85. The summed E-state index contributed by atoms with van der Waals surface area (Å²) in [6.45, 7) is 3.49. The lowest BCUT2D eigenvalue weighted by atomic mass is 9.92. The molecule has 7 nitrogen and oxygen atoms in total. The highest BCUT2D eigenvalue weighted by Gasteiger charge is 2.50. The van der Waals surface area contributed by atoms with Gasteiger partial charge in [0.1, 0.15) is 11.3 Å². The van der Waals surface area contributed by atoms with Gasteiger partial charge in [0.25, 0.3) is 5.91 Å². The van der Waals surface area contributed by atoms with Crippen LogP contribution >= 0.6 is 0 Å². The van der Waals surface area contributed by atoms with Crippen LogP contribution < -0.4 is 15.5 Å². The molecule has 1 atom stereocenters. The molecule has 0 aliphatic carbocycles. The summed E-state index contributed by atoms with van der Waals surface area (Å²) in [5.41, 5.74) is 3.48. The van der Waals surface area contributed by atoms with Crippen molar-refractivity contribution in [3.63, 3.8) is 0 Å². The smallest absolute Gasteiger partial charge is 0.344 e. The van der Waals surface area contributed by atoms with E-state index in [0.29, 0.717) is 11.3 Å². The van der Waals surface area contributed by atoms with Crippen LogP contribution in [0.3, 0.4) is 0 Å². The first-order valence-corrected chi connectivity index (χ1v) is 8.50. The lowest BCUT2D eigenvalue weighted by Gasteiger charge is -2.22. The highest BCUT2D eigenvalue weighted by atomic mass is 16.5. The first kappa shape index (κ1) is 18.4. The van der Waals surface area contributed by atoms with Gasteiger partial charge in [-0.1, -0.05) is 36.4 Å². The number of benzene rings is 2. The van der Waals surface area contributed by atoms with Crippen LogP contribution in [0.25, 0.3) is 0 Å². The predicted molar refractivity (Wildman–Crippen MR) is 98.7 cm³/mol. The Hall–Kier alpha value is -3.35. The average Bonchev–Trinajstić information content (AvgIpc) is 2.88. The Morgan fingerprint density at radius 2 is 1.93 bits per heavy atom. The Morgan fingerprint density at radius 3 is 2.63 bits per heavy atom. The second-order valence-electron chi connectivity index (χ2n) is 6.57. The van der Waals surface area contributed by atoms with Crippen LogP contribution in [0.5, 0.6) is 5.75 Å². The van der Waals surface area contributed by atoms with E-state index in [-0.39, 0.29) is 6.42 Å². The molecular weight excluding hydrogens is 346 g/mol. The van der Waals surface area contributed by atoms with E-state index in [4.69, 9.17) is 4.74 Å². The highest BCUT2D eigenvalue weighted by molar-refractivity contribution is 6.08. The number of urea groups is 1. The van der Waals surface area contributed by atoms with E-state index >= 15 is 0 Å². The molecule has 0 aromatic heterocycles. The van der Waals surface area contributed by atoms with E-state index < -0.39 is 23.4 Å². The zero-order valence-corrected chi connectivity index (χ0v) is 15.4. The summed E-state index contributed by atoms with van der Waals surface area (Å²) in [5.74, 6) is -0.431. The van der Waals surface area contributed by atoms with Gasteiger partial charge in [0.05, 0.1) is 13.5 Å². The number of ether oxygens (including phenoxy) is 1. The summed E-state index contributed by atoms with van der Waals surface area (Å²) in [4.78, 5) is 37.6. The van der Waals surface area contributed by atoms with E-state index in [2.05, 4.69) is 10.7 Å². The van der Waals surface area contributed by atoms with E-state index in [1.165, 1.54) is 7.11 Å². The maximum atomic E-state index is 12.9. The molecule has 1 saturated heterocycles. The van der Waals surface area contributed by atoms with Crippen LogP contribution in [0.15, 0.2) is 48.5 Å². The fourth-order valence-electron chi connectivity index (χ4n) is 3.02. The second kappa shape index (κ2) is 7.11. The van der Waals surface area contributed by atoms with Crippen molar-refractivity contribution < 1.29 is 19.1 Å². The summed E-state index contributed by atoms with van der Waals surface area (Å²) in [5, 5.41) is 3.38. The van der Waals surface area contributed by atoms with E-state index in [1.807, 2.05) is 31.2 Å². The minimum Gasteiger partial charge on any atom is -0.497 e. The number of imide groups is 1. The van der Waals surface area contributed by atoms with Gasteiger partial charge in [-0.05, 0) is 42.7 Å². The van der Waals surface area contributed by atoms with Crippen molar-refractivity contribution in [2.45, 2.75) is 25.8 Å². The van der Waals surface area contributed by atoms with E-state index in [1.54, 1.807) is 31.2 Å². The molecule has 2 aromatic rings. The summed E-state index contributed by atoms with van der Waals surface area (Å²) in [6.07, 6.45) is 0.0691. The van der Waals surface area contributed by atoms with Crippen LogP contribution in [0, 0.1) is 6.92 Å². The number of hydrogen-bond donors (Lipinski definition) is 2. The van der Waals surface area contributed by atoms with Gasteiger partial charge in [0.2, 0.25) is 5.91 Å². The Labute approximate surface area is 157 Å². The summed E-state index contributed by atoms with van der Waals surface area (Å²) >= 11 is 0. The van der Waals surface area contributed by atoms with Crippen LogP contribution in [0.4, 0.5) is 4.79 Å². The number of nitrogens with zero attached hydrogens (tertiary/aromatic N) is 1. The number of rotatable bonds is 5. The molecule has 2 N–H and O–H groups in total. The number of hydrogen-bond acceptors (Lipinski definition) is 4. The predicted octanol–water partition coefficient (Wildman–Crippen LogP) is 2.04. The lowest BCUT2D eigenvalue weighted by Crippen LogP contribution is -2.48. The molecule has 3 rings (SSSR count). The molecule has 0 bridgehead atoms. The molecule has 0 saturated carbocycles. The van der Waals surface area contributed by atoms with Crippen LogP contribution in [0.1, 0.15) is 23.6 Å². The molecule has 1 fully saturated rings. The quantitative estimate of drug-likeness (QED) is 0.792. The third-order valence-corrected chi connectivity index (χ3v) is 4.69. The molecule has 1 heterocycles. The fraction of sp³-hybridized carbons (Fsp3) is 0.250. The minimum absolute atomic E-state index is 0.0691. The molecule has 1 aliphatic rings. The van der Waals surface area contributed by atoms with Crippen molar-refractivity contribution in [1.29, 1.82) is 0 Å². The average molecular weight is 367 g/mol. The molecule has 4 amide bonds. The number of carbonyl (C=O) groups is 3. The van der Waals surface area contributed by atoms with Gasteiger partial charge < -0.3 is 10.1 Å². The molecule has 2 aromatic carbocycles. The van der Waals surface area contributed by atoms with Crippen LogP contribution in [-0.2, 0) is 21.5 Å². The van der Waals surface area contributed by atoms with Gasteiger partial charge >= 0.3 is 6.03 Å². The van der Waals surface area contributed by atoms with Crippen molar-refractivity contribution in [1.82, 2.24) is 15.8 Å². The molecule has 0 radical (unpaired) electrons. The van der Waals surface area contributed by atoms with E-state index in [0.717, 1.165) is 16.1 Å². The Morgan fingerprint density at radius 1 is 1.19 bits per heavy atom. The number of hydrazine groups is 1. The zero-order valence-electron chi connectivity index (χ0n) is 15.4. The number of aryl methyl sites for hydroxylation is 1. The van der Waals surface area contributed by atoms with Gasteiger partial charge in [-0.25, -0.2) is 4.79 Å². The first-order chi connectivity index (χ1) is 12.8. The van der Waals surface area contributed by atoms with Crippen LogP contribution in [-0.4, -0.2) is 30.0 Å². The summed E-state index contributed by atoms with van der Waals surface area (Å²) < 4.78 is 5.18. The molecule has 1 aliphatic heterocycles. The molecule has 1 unspecified atom stereocenters. The van der Waals surface area contributed by atoms with Crippen LogP contribution in [0.2, 0.25) is 0 Å². The number of amides is 4. The number of nitrogens with one attached hydrogen (secondary N) is 2. The van der Waals surface area contributed by atoms with Gasteiger partial charge in [-0.2, -0.15) is 5.01 Å². The highest BCUT2D eigenvalue weighted by Crippen LogP contribution is 2.30. The van der Waals surface area contributed by atoms with Gasteiger partial charge in [-0.3, -0.25) is 15.0 Å². The van der Waals surface area contributed by atoms with Crippen molar-refractivity contribution >= 4 is 17.8 Å². The Bertz CT molecular complexity index is 912.